The summed E-state index contributed by atoms with van der Waals surface area (Å²) < 4.78 is 112. The molecule has 0 saturated heterocycles. The predicted molar refractivity (Wildman–Crippen MR) is 110 cm³/mol. The molecule has 0 saturated carbocycles. The Morgan fingerprint density at radius 1 is 0.781 bits per heavy atom. The van der Waals surface area contributed by atoms with E-state index in [0.29, 0.717) is 18.7 Å². The number of sulfone groups is 1. The molecule has 0 radical (unpaired) electrons. The zero-order chi connectivity index (χ0) is 25.2. The average molecular weight is 539 g/mol. The molecule has 1 N–H and O–H groups in total. The minimum atomic E-state index is -5.67. The number of aliphatic hydroxyl groups is 1. The lowest BCUT2D eigenvalue weighted by molar-refractivity contribution is 0.203. The third-order valence-corrected chi connectivity index (χ3v) is 8.22. The number of hydrogen-bond acceptors (Lipinski definition) is 13. The molecule has 0 spiro atoms. The highest BCUT2D eigenvalue weighted by Gasteiger charge is 2.16. The maximum atomic E-state index is 12.3. The van der Waals surface area contributed by atoms with Crippen molar-refractivity contribution in [1.29, 1.82) is 0 Å². The van der Waals surface area contributed by atoms with Gasteiger partial charge in [-0.2, -0.15) is 0 Å². The summed E-state index contributed by atoms with van der Waals surface area (Å²) >= 11 is 0. The van der Waals surface area contributed by atoms with Gasteiger partial charge >= 0.3 is 0 Å². The Morgan fingerprint density at radius 3 is 1.66 bits per heavy atom. The van der Waals surface area contributed by atoms with Gasteiger partial charge in [0.15, 0.2) is 28.1 Å². The fraction of sp³-hybridized carbons (Fsp3) is 0.600. The summed E-state index contributed by atoms with van der Waals surface area (Å²) in [6.07, 6.45) is 0.935. The highest BCUT2D eigenvalue weighted by atomic mass is 33.2. The Hall–Kier alpha value is -1.18. The smallest absolute Gasteiger partial charge is 0.191 e. The Morgan fingerprint density at radius 2 is 1.28 bits per heavy atom. The predicted octanol–water partition coefficient (Wildman–Crippen LogP) is -1.76. The second kappa shape index (κ2) is 12.9. The van der Waals surface area contributed by atoms with Gasteiger partial charge in [0.05, 0.1) is 27.4 Å². The molecule has 1 rings (SSSR count). The third-order valence-electron chi connectivity index (χ3n) is 3.81. The van der Waals surface area contributed by atoms with E-state index in [4.69, 9.17) is 5.11 Å². The van der Waals surface area contributed by atoms with Gasteiger partial charge in [0.2, 0.25) is 0 Å². The van der Waals surface area contributed by atoms with Crippen LogP contribution < -0.4 is 0 Å². The van der Waals surface area contributed by atoms with Crippen LogP contribution in [-0.2, 0) is 44.7 Å². The summed E-state index contributed by atoms with van der Waals surface area (Å²) in [4.78, 5) is 2.06. The molecule has 1 aromatic rings. The standard InChI is InChI=1S/C15H25NO6S2.H2O6S2/c1-2-8-16(9-11-17)10-13-23(18,19)15-5-3-14(4-6-15)7-12-24(20,21)22;1-7(2,3)8(4,5)6/h3-6,17H,2,7-13H2,1H3,(H,20,21,22);(H,1,2,3)(H,4,5,6)/p-3. The van der Waals surface area contributed by atoms with Gasteiger partial charge in [0, 0.05) is 18.8 Å². The lowest BCUT2D eigenvalue weighted by Gasteiger charge is -2.20. The van der Waals surface area contributed by atoms with Crippen LogP contribution in [0.15, 0.2) is 29.2 Å². The van der Waals surface area contributed by atoms with Crippen LogP contribution in [0.25, 0.3) is 0 Å². The molecule has 0 amide bonds. The molecule has 0 atom stereocenters. The Balaban J connectivity index is 0.00000102. The summed E-state index contributed by atoms with van der Waals surface area (Å²) in [5.41, 5.74) is 0.598. The van der Waals surface area contributed by atoms with Crippen molar-refractivity contribution in [3.63, 3.8) is 0 Å². The van der Waals surface area contributed by atoms with E-state index in [1.807, 2.05) is 11.8 Å². The topological polar surface area (TPSA) is 229 Å². The van der Waals surface area contributed by atoms with Crippen LogP contribution in [0, 0.1) is 0 Å². The van der Waals surface area contributed by atoms with E-state index >= 15 is 0 Å². The summed E-state index contributed by atoms with van der Waals surface area (Å²) in [7, 11) is -19.1. The number of rotatable bonds is 12. The number of hydrogen-bond donors (Lipinski definition) is 1. The molecule has 0 unspecified atom stereocenters. The maximum absolute atomic E-state index is 12.3. The second-order valence-electron chi connectivity index (χ2n) is 6.36. The van der Waals surface area contributed by atoms with Gasteiger partial charge in [-0.05, 0) is 37.1 Å². The van der Waals surface area contributed by atoms with Crippen LogP contribution in [0.2, 0.25) is 0 Å². The maximum Gasteiger partial charge on any atom is 0.191 e. The number of aliphatic hydroxyl groups excluding tert-OH is 1. The molecule has 0 aliphatic carbocycles. The molecule has 32 heavy (non-hydrogen) atoms. The zero-order valence-electron chi connectivity index (χ0n) is 17.0. The molecular formula is C15H24NO12S4-3. The van der Waals surface area contributed by atoms with Crippen LogP contribution in [0.3, 0.4) is 0 Å². The first kappa shape index (κ1) is 30.8. The SMILES string of the molecule is CCCN(CCO)CCS(=O)(=O)c1ccc(CCS(=O)(=O)[O-])cc1.O=S(=O)([O-])S(=O)(=O)[O-]. The van der Waals surface area contributed by atoms with Crippen molar-refractivity contribution < 1.29 is 52.4 Å². The Bertz CT molecular complexity index is 1090. The van der Waals surface area contributed by atoms with Crippen molar-refractivity contribution in [2.45, 2.75) is 24.7 Å². The van der Waals surface area contributed by atoms with Gasteiger partial charge in [-0.15, -0.1) is 0 Å². The summed E-state index contributed by atoms with van der Waals surface area (Å²) in [6.45, 7) is 3.47. The van der Waals surface area contributed by atoms with E-state index in [1.54, 1.807) is 0 Å². The molecule has 0 heterocycles. The third kappa shape index (κ3) is 12.8. The van der Waals surface area contributed by atoms with Crippen LogP contribution >= 0.6 is 0 Å². The van der Waals surface area contributed by atoms with Gasteiger partial charge in [0.25, 0.3) is 0 Å². The Kier molecular flexibility index (Phi) is 12.4. The molecule has 13 nitrogen and oxygen atoms in total. The van der Waals surface area contributed by atoms with Gasteiger partial charge in [0.1, 0.15) is 0 Å². The first-order valence-electron chi connectivity index (χ1n) is 8.93. The van der Waals surface area contributed by atoms with Crippen LogP contribution in [0.4, 0.5) is 0 Å². The summed E-state index contributed by atoms with van der Waals surface area (Å²) in [5, 5.41) is 8.99. The highest BCUT2D eigenvalue weighted by molar-refractivity contribution is 8.62. The molecule has 0 fully saturated rings. The van der Waals surface area contributed by atoms with E-state index in [-0.39, 0.29) is 23.7 Å². The minimum absolute atomic E-state index is 0.0165. The van der Waals surface area contributed by atoms with E-state index in [9.17, 15) is 47.3 Å². The normalized spacial score (nSPS) is 12.9. The second-order valence-corrected chi connectivity index (χ2v) is 14.1. The summed E-state index contributed by atoms with van der Waals surface area (Å²) in [6, 6.07) is 5.90. The molecule has 0 bridgehead atoms. The van der Waals surface area contributed by atoms with E-state index in [0.717, 1.165) is 13.0 Å². The van der Waals surface area contributed by atoms with Gasteiger partial charge in [-0.3, -0.25) is 0 Å². The fourth-order valence-corrected chi connectivity index (χ4v) is 4.04. The molecule has 188 valence electrons. The van der Waals surface area contributed by atoms with Crippen molar-refractivity contribution in [2.75, 3.05) is 37.7 Å². The lowest BCUT2D eigenvalue weighted by atomic mass is 10.2. The van der Waals surface area contributed by atoms with Crippen LogP contribution in [0.5, 0.6) is 0 Å². The van der Waals surface area contributed by atoms with Crippen molar-refractivity contribution in [3.8, 4) is 0 Å². The molecule has 0 aliphatic rings. The molecule has 0 aliphatic heterocycles. The van der Waals surface area contributed by atoms with Crippen molar-refractivity contribution in [1.82, 2.24) is 4.90 Å². The first-order chi connectivity index (χ1) is 14.4. The van der Waals surface area contributed by atoms with Crippen LogP contribution in [0.1, 0.15) is 18.9 Å². The Labute approximate surface area is 187 Å². The highest BCUT2D eigenvalue weighted by Crippen LogP contribution is 2.14. The van der Waals surface area contributed by atoms with Gasteiger partial charge in [-0.1, -0.05) is 19.1 Å². The summed E-state index contributed by atoms with van der Waals surface area (Å²) in [5.74, 6) is -0.562. The monoisotopic (exact) mass is 538 g/mol. The average Bonchev–Trinajstić information content (AvgIpc) is 2.64. The quantitative estimate of drug-likeness (QED) is 0.230. The number of benzene rings is 1. The van der Waals surface area contributed by atoms with Crippen molar-refractivity contribution in [2.24, 2.45) is 0 Å². The van der Waals surface area contributed by atoms with E-state index in [2.05, 4.69) is 0 Å². The van der Waals surface area contributed by atoms with Gasteiger partial charge < -0.3 is 23.7 Å². The lowest BCUT2D eigenvalue weighted by Crippen LogP contribution is -2.32. The van der Waals surface area contributed by atoms with E-state index < -0.39 is 44.0 Å². The minimum Gasteiger partial charge on any atom is -0.748 e. The fourth-order valence-electron chi connectivity index (χ4n) is 2.27. The number of nitrogens with zero attached hydrogens (tertiary/aromatic N) is 1. The van der Waals surface area contributed by atoms with Crippen LogP contribution in [-0.4, -0.2) is 95.1 Å². The molecule has 1 aromatic carbocycles. The van der Waals surface area contributed by atoms with Crippen molar-refractivity contribution >= 4 is 38.3 Å². The molecular weight excluding hydrogens is 514 g/mol. The number of aryl methyl sites for hydroxylation is 1. The molecule has 17 heteroatoms. The molecule has 0 aromatic heterocycles. The van der Waals surface area contributed by atoms with Crippen molar-refractivity contribution in [3.05, 3.63) is 29.8 Å². The van der Waals surface area contributed by atoms with E-state index in [1.165, 1.54) is 24.3 Å². The largest absolute Gasteiger partial charge is 0.748 e. The first-order valence-corrected chi connectivity index (χ1v) is 15.5. The van der Waals surface area contributed by atoms with Gasteiger partial charge in [-0.25, -0.2) is 33.7 Å². The zero-order valence-corrected chi connectivity index (χ0v) is 20.3.